The van der Waals surface area contributed by atoms with Crippen molar-refractivity contribution in [3.8, 4) is 0 Å². The Morgan fingerprint density at radius 1 is 1.38 bits per heavy atom. The lowest BCUT2D eigenvalue weighted by Crippen LogP contribution is -1.76. The van der Waals surface area contributed by atoms with Gasteiger partial charge in [-0.3, -0.25) is 0 Å². The molecule has 0 fully saturated rings. The average Bonchev–Trinajstić information content (AvgIpc) is 2.48. The van der Waals surface area contributed by atoms with Gasteiger partial charge in [0.05, 0.1) is 0 Å². The molecule has 1 aromatic carbocycles. The van der Waals surface area contributed by atoms with Gasteiger partial charge in [0.25, 0.3) is 0 Å². The molecule has 68 valence electrons. The molecule has 0 saturated heterocycles. The number of rotatable bonds is 1. The third-order valence-corrected chi connectivity index (χ3v) is 5.22. The van der Waals surface area contributed by atoms with E-state index in [0.717, 1.165) is 5.33 Å². The van der Waals surface area contributed by atoms with E-state index in [9.17, 15) is 0 Å². The Morgan fingerprint density at radius 2 is 2.15 bits per heavy atom. The molecule has 1 aromatic heterocycles. The predicted molar refractivity (Wildman–Crippen MR) is 71.9 cm³/mol. The fourth-order valence-electron chi connectivity index (χ4n) is 1.30. The maximum Gasteiger partial charge on any atom is 0.0377 e. The summed E-state index contributed by atoms with van der Waals surface area (Å²) in [5.74, 6) is 0. The zero-order valence-corrected chi connectivity index (χ0v) is 11.7. The van der Waals surface area contributed by atoms with Crippen LogP contribution in [0.25, 0.3) is 10.1 Å². The van der Waals surface area contributed by atoms with Crippen molar-refractivity contribution in [2.24, 2.45) is 0 Å². The van der Waals surface area contributed by atoms with Crippen LogP contribution in [0.1, 0.15) is 10.4 Å². The molecule has 0 nitrogen and oxygen atoms in total. The summed E-state index contributed by atoms with van der Waals surface area (Å²) in [5, 5.41) is 2.33. The van der Waals surface area contributed by atoms with E-state index in [1.807, 2.05) is 11.3 Å². The molecule has 13 heavy (non-hydrogen) atoms. The Labute approximate surface area is 104 Å². The molecule has 0 atom stereocenters. The summed E-state index contributed by atoms with van der Waals surface area (Å²) in [6, 6.07) is 6.79. The van der Waals surface area contributed by atoms with Crippen LogP contribution in [0.5, 0.6) is 0 Å². The van der Waals surface area contributed by atoms with Crippen LogP contribution < -0.4 is 0 Å². The van der Waals surface area contributed by atoms with Crippen molar-refractivity contribution in [2.45, 2.75) is 12.3 Å². The smallest absolute Gasteiger partial charge is 0.0377 e. The highest BCUT2D eigenvalue weighted by molar-refractivity contribution is 14.1. The van der Waals surface area contributed by atoms with E-state index in [1.54, 1.807) is 0 Å². The van der Waals surface area contributed by atoms with E-state index < -0.39 is 0 Å². The molecule has 0 spiro atoms. The number of hydrogen-bond donors (Lipinski definition) is 0. The van der Waals surface area contributed by atoms with Crippen molar-refractivity contribution in [1.29, 1.82) is 0 Å². The van der Waals surface area contributed by atoms with Crippen LogP contribution in [0, 0.1) is 10.5 Å². The lowest BCUT2D eigenvalue weighted by atomic mass is 10.2. The lowest BCUT2D eigenvalue weighted by Gasteiger charge is -1.96. The van der Waals surface area contributed by atoms with Gasteiger partial charge in [-0.05, 0) is 58.7 Å². The quantitative estimate of drug-likeness (QED) is 0.506. The van der Waals surface area contributed by atoms with Crippen molar-refractivity contribution >= 4 is 59.9 Å². The zero-order valence-electron chi connectivity index (χ0n) is 7.10. The Hall–Kier alpha value is 0.390. The fourth-order valence-corrected chi connectivity index (χ4v) is 3.42. The van der Waals surface area contributed by atoms with E-state index in [-0.39, 0.29) is 0 Å². The third-order valence-electron chi connectivity index (χ3n) is 1.98. The molecular formula is C10H8BrIS. The van der Waals surface area contributed by atoms with Gasteiger partial charge in [0.2, 0.25) is 0 Å². The van der Waals surface area contributed by atoms with Gasteiger partial charge in [0, 0.05) is 18.5 Å². The number of alkyl halides is 1. The lowest BCUT2D eigenvalue weighted by molar-refractivity contribution is 1.47. The van der Waals surface area contributed by atoms with Gasteiger partial charge >= 0.3 is 0 Å². The monoisotopic (exact) mass is 366 g/mol. The first kappa shape index (κ1) is 9.93. The second-order valence-corrected chi connectivity index (χ2v) is 5.88. The van der Waals surface area contributed by atoms with Crippen molar-refractivity contribution in [3.05, 3.63) is 32.2 Å². The van der Waals surface area contributed by atoms with Gasteiger partial charge in [-0.25, -0.2) is 0 Å². The van der Waals surface area contributed by atoms with Gasteiger partial charge in [-0.15, -0.1) is 11.3 Å². The van der Waals surface area contributed by atoms with Gasteiger partial charge in [0.1, 0.15) is 0 Å². The molecule has 0 unspecified atom stereocenters. The molecule has 0 amide bonds. The third kappa shape index (κ3) is 1.92. The maximum atomic E-state index is 3.48. The number of thiophene rings is 1. The summed E-state index contributed by atoms with van der Waals surface area (Å²) in [6.07, 6.45) is 0. The Balaban J connectivity index is 2.70. The SMILES string of the molecule is Cc1cc2cc(CBr)sc2cc1I. The van der Waals surface area contributed by atoms with Crippen molar-refractivity contribution in [3.63, 3.8) is 0 Å². The van der Waals surface area contributed by atoms with Gasteiger partial charge in [-0.2, -0.15) is 0 Å². The predicted octanol–water partition coefficient (Wildman–Crippen LogP) is 4.71. The molecule has 0 radical (unpaired) electrons. The Bertz CT molecular complexity index is 408. The van der Waals surface area contributed by atoms with Gasteiger partial charge in [0.15, 0.2) is 0 Å². The molecule has 0 bridgehead atoms. The molecule has 2 aromatic rings. The molecule has 0 aliphatic carbocycles. The molecule has 2 rings (SSSR count). The van der Waals surface area contributed by atoms with Crippen molar-refractivity contribution < 1.29 is 0 Å². The molecule has 1 heterocycles. The van der Waals surface area contributed by atoms with Crippen LogP contribution in [0.3, 0.4) is 0 Å². The molecule has 3 heteroatoms. The van der Waals surface area contributed by atoms with Crippen LogP contribution in [-0.2, 0) is 5.33 Å². The summed E-state index contributed by atoms with van der Waals surface area (Å²) in [7, 11) is 0. The van der Waals surface area contributed by atoms with E-state index in [0.29, 0.717) is 0 Å². The highest BCUT2D eigenvalue weighted by Crippen LogP contribution is 2.30. The number of benzene rings is 1. The molecular weight excluding hydrogens is 359 g/mol. The number of halogens is 2. The topological polar surface area (TPSA) is 0 Å². The fraction of sp³-hybridized carbons (Fsp3) is 0.200. The van der Waals surface area contributed by atoms with Crippen LogP contribution in [0.2, 0.25) is 0 Å². The molecule has 0 aliphatic heterocycles. The van der Waals surface area contributed by atoms with E-state index >= 15 is 0 Å². The number of hydrogen-bond acceptors (Lipinski definition) is 1. The number of aryl methyl sites for hydroxylation is 1. The summed E-state index contributed by atoms with van der Waals surface area (Å²) >= 11 is 7.74. The summed E-state index contributed by atoms with van der Waals surface area (Å²) in [5.41, 5.74) is 1.37. The van der Waals surface area contributed by atoms with Crippen LogP contribution in [0.15, 0.2) is 18.2 Å². The minimum Gasteiger partial charge on any atom is -0.139 e. The van der Waals surface area contributed by atoms with Crippen molar-refractivity contribution in [2.75, 3.05) is 0 Å². The molecule has 0 aliphatic rings. The first-order valence-corrected chi connectivity index (χ1v) is 6.97. The van der Waals surface area contributed by atoms with Crippen LogP contribution in [-0.4, -0.2) is 0 Å². The Morgan fingerprint density at radius 3 is 2.85 bits per heavy atom. The van der Waals surface area contributed by atoms with E-state index in [1.165, 1.54) is 24.1 Å². The minimum absolute atomic E-state index is 0.960. The largest absolute Gasteiger partial charge is 0.139 e. The second kappa shape index (κ2) is 3.87. The summed E-state index contributed by atoms with van der Waals surface area (Å²) < 4.78 is 2.75. The van der Waals surface area contributed by atoms with E-state index in [2.05, 4.69) is 63.6 Å². The summed E-state index contributed by atoms with van der Waals surface area (Å²) in [6.45, 7) is 2.16. The van der Waals surface area contributed by atoms with Crippen LogP contribution in [0.4, 0.5) is 0 Å². The maximum absolute atomic E-state index is 3.48. The zero-order chi connectivity index (χ0) is 9.42. The highest BCUT2D eigenvalue weighted by Gasteiger charge is 2.03. The second-order valence-electron chi connectivity index (χ2n) is 2.99. The van der Waals surface area contributed by atoms with Crippen molar-refractivity contribution in [1.82, 2.24) is 0 Å². The highest BCUT2D eigenvalue weighted by atomic mass is 127. The Kier molecular flexibility index (Phi) is 2.95. The first-order valence-electron chi connectivity index (χ1n) is 3.95. The average molecular weight is 367 g/mol. The van der Waals surface area contributed by atoms with Crippen LogP contribution >= 0.6 is 49.9 Å². The first-order chi connectivity index (χ1) is 6.20. The minimum atomic E-state index is 0.960. The standard InChI is InChI=1S/C10H8BrIS/c1-6-2-7-3-8(5-11)13-10(7)4-9(6)12/h2-4H,5H2,1H3. The summed E-state index contributed by atoms with van der Waals surface area (Å²) in [4.78, 5) is 1.40. The van der Waals surface area contributed by atoms with E-state index in [4.69, 9.17) is 0 Å². The molecule has 0 N–H and O–H groups in total. The van der Waals surface area contributed by atoms with Gasteiger partial charge < -0.3 is 0 Å². The molecule has 0 saturated carbocycles. The normalized spacial score (nSPS) is 11.0. The van der Waals surface area contributed by atoms with Gasteiger partial charge in [-0.1, -0.05) is 15.9 Å². The number of fused-ring (bicyclic) bond motifs is 1.